The Morgan fingerprint density at radius 1 is 1.19 bits per heavy atom. The standard InChI is InChI=1S/C20H26N4O2/c1-15-5-3-6-17(11-15)12-23-9-4-7-20(13-23)8-10-24(14-20)19(25)18-16(2)21-26-22-18/h3,5-6,11H,4,7-10,12-14H2,1-2H3. The van der Waals surface area contributed by atoms with Crippen LogP contribution in [0.3, 0.4) is 0 Å². The predicted molar refractivity (Wildman–Crippen MR) is 97.7 cm³/mol. The average molecular weight is 354 g/mol. The smallest absolute Gasteiger partial charge is 0.278 e. The number of hydrogen-bond acceptors (Lipinski definition) is 5. The van der Waals surface area contributed by atoms with Crippen molar-refractivity contribution < 1.29 is 9.42 Å². The van der Waals surface area contributed by atoms with Crippen molar-refractivity contribution in [1.29, 1.82) is 0 Å². The van der Waals surface area contributed by atoms with E-state index in [1.165, 1.54) is 24.0 Å². The molecule has 1 aromatic heterocycles. The number of hydrogen-bond donors (Lipinski definition) is 0. The number of piperidine rings is 1. The third-order valence-corrected chi connectivity index (χ3v) is 5.81. The van der Waals surface area contributed by atoms with E-state index in [-0.39, 0.29) is 11.3 Å². The number of carbonyl (C=O) groups is 1. The molecular weight excluding hydrogens is 328 g/mol. The van der Waals surface area contributed by atoms with Gasteiger partial charge in [-0.25, -0.2) is 4.63 Å². The van der Waals surface area contributed by atoms with Gasteiger partial charge in [-0.1, -0.05) is 35.0 Å². The zero-order valence-electron chi connectivity index (χ0n) is 15.6. The van der Waals surface area contributed by atoms with Gasteiger partial charge in [0.1, 0.15) is 5.69 Å². The van der Waals surface area contributed by atoms with Crippen LogP contribution in [0.15, 0.2) is 28.9 Å². The van der Waals surface area contributed by atoms with Gasteiger partial charge in [0.25, 0.3) is 5.91 Å². The molecule has 1 amide bonds. The van der Waals surface area contributed by atoms with E-state index in [1.807, 2.05) is 4.90 Å². The third kappa shape index (κ3) is 3.38. The SMILES string of the molecule is Cc1cccc(CN2CCCC3(CCN(C(=O)c4nonc4C)C3)C2)c1. The largest absolute Gasteiger partial charge is 0.337 e. The first-order valence-corrected chi connectivity index (χ1v) is 9.41. The van der Waals surface area contributed by atoms with Crippen molar-refractivity contribution in [2.75, 3.05) is 26.2 Å². The van der Waals surface area contributed by atoms with Crippen LogP contribution >= 0.6 is 0 Å². The van der Waals surface area contributed by atoms with Crippen molar-refractivity contribution in [2.24, 2.45) is 5.41 Å². The second-order valence-corrected chi connectivity index (χ2v) is 7.98. The minimum absolute atomic E-state index is 0.0450. The Hall–Kier alpha value is -2.21. The van der Waals surface area contributed by atoms with Crippen LogP contribution in [0.4, 0.5) is 0 Å². The molecule has 138 valence electrons. The number of aryl methyl sites for hydroxylation is 2. The van der Waals surface area contributed by atoms with Crippen LogP contribution in [-0.2, 0) is 6.54 Å². The Morgan fingerprint density at radius 2 is 2.08 bits per heavy atom. The van der Waals surface area contributed by atoms with Crippen molar-refractivity contribution >= 4 is 5.91 Å². The van der Waals surface area contributed by atoms with Crippen molar-refractivity contribution in [3.63, 3.8) is 0 Å². The lowest BCUT2D eigenvalue weighted by Crippen LogP contribution is -2.45. The first-order chi connectivity index (χ1) is 12.5. The van der Waals surface area contributed by atoms with Gasteiger partial charge in [0.2, 0.25) is 0 Å². The molecule has 2 fully saturated rings. The molecule has 4 rings (SSSR count). The molecule has 2 aliphatic rings. The number of aromatic nitrogens is 2. The number of carbonyl (C=O) groups excluding carboxylic acids is 1. The minimum atomic E-state index is -0.0450. The van der Waals surface area contributed by atoms with E-state index in [1.54, 1.807) is 6.92 Å². The maximum Gasteiger partial charge on any atom is 0.278 e. The van der Waals surface area contributed by atoms with Gasteiger partial charge in [0.15, 0.2) is 5.69 Å². The van der Waals surface area contributed by atoms with E-state index in [0.29, 0.717) is 11.4 Å². The summed E-state index contributed by atoms with van der Waals surface area (Å²) in [5.41, 5.74) is 3.82. The molecule has 1 spiro atoms. The summed E-state index contributed by atoms with van der Waals surface area (Å²) < 4.78 is 4.70. The van der Waals surface area contributed by atoms with E-state index in [0.717, 1.165) is 39.1 Å². The average Bonchev–Trinajstić information content (AvgIpc) is 3.21. The highest BCUT2D eigenvalue weighted by Gasteiger charge is 2.43. The number of benzene rings is 1. The number of nitrogens with zero attached hydrogens (tertiary/aromatic N) is 4. The molecule has 0 saturated carbocycles. The Bertz CT molecular complexity index is 803. The van der Waals surface area contributed by atoms with Gasteiger partial charge in [0.05, 0.1) is 0 Å². The Morgan fingerprint density at radius 3 is 2.85 bits per heavy atom. The first-order valence-electron chi connectivity index (χ1n) is 9.41. The van der Waals surface area contributed by atoms with Crippen LogP contribution < -0.4 is 0 Å². The Labute approximate surface area is 154 Å². The maximum atomic E-state index is 12.7. The molecule has 2 saturated heterocycles. The lowest BCUT2D eigenvalue weighted by Gasteiger charge is -2.40. The van der Waals surface area contributed by atoms with E-state index in [4.69, 9.17) is 4.63 Å². The van der Waals surface area contributed by atoms with Crippen LogP contribution in [0, 0.1) is 19.3 Å². The summed E-state index contributed by atoms with van der Waals surface area (Å²) in [5, 5.41) is 7.52. The van der Waals surface area contributed by atoms with Gasteiger partial charge in [0, 0.05) is 31.6 Å². The zero-order valence-corrected chi connectivity index (χ0v) is 15.6. The molecule has 2 aromatic rings. The van der Waals surface area contributed by atoms with Gasteiger partial charge in [-0.2, -0.15) is 0 Å². The summed E-state index contributed by atoms with van der Waals surface area (Å²) in [4.78, 5) is 17.2. The van der Waals surface area contributed by atoms with Crippen LogP contribution in [-0.4, -0.2) is 52.2 Å². The summed E-state index contributed by atoms with van der Waals surface area (Å²) in [6, 6.07) is 8.75. The van der Waals surface area contributed by atoms with Crippen LogP contribution in [0.2, 0.25) is 0 Å². The van der Waals surface area contributed by atoms with Crippen molar-refractivity contribution in [2.45, 2.75) is 39.7 Å². The number of rotatable bonds is 3. The summed E-state index contributed by atoms with van der Waals surface area (Å²) in [5.74, 6) is -0.0450. The van der Waals surface area contributed by atoms with Gasteiger partial charge in [-0.15, -0.1) is 0 Å². The van der Waals surface area contributed by atoms with Gasteiger partial charge in [-0.3, -0.25) is 9.69 Å². The second kappa shape index (κ2) is 6.83. The van der Waals surface area contributed by atoms with Gasteiger partial charge >= 0.3 is 0 Å². The lowest BCUT2D eigenvalue weighted by molar-refractivity contribution is 0.0666. The van der Waals surface area contributed by atoms with Crippen molar-refractivity contribution in [1.82, 2.24) is 20.1 Å². The highest BCUT2D eigenvalue weighted by molar-refractivity contribution is 5.93. The van der Waals surface area contributed by atoms with E-state index in [9.17, 15) is 4.79 Å². The molecule has 0 aliphatic carbocycles. The topological polar surface area (TPSA) is 62.5 Å². The lowest BCUT2D eigenvalue weighted by atomic mass is 9.79. The van der Waals surface area contributed by atoms with E-state index >= 15 is 0 Å². The molecule has 0 bridgehead atoms. The van der Waals surface area contributed by atoms with E-state index in [2.05, 4.69) is 46.4 Å². The molecule has 0 N–H and O–H groups in total. The van der Waals surface area contributed by atoms with Crippen LogP contribution in [0.1, 0.15) is 46.6 Å². The van der Waals surface area contributed by atoms with Crippen LogP contribution in [0.5, 0.6) is 0 Å². The molecule has 1 unspecified atom stereocenters. The first kappa shape index (κ1) is 17.2. The molecule has 3 heterocycles. The molecular formula is C20H26N4O2. The minimum Gasteiger partial charge on any atom is -0.337 e. The van der Waals surface area contributed by atoms with Crippen molar-refractivity contribution in [3.8, 4) is 0 Å². The fourth-order valence-corrected chi connectivity index (χ4v) is 4.53. The summed E-state index contributed by atoms with van der Waals surface area (Å²) in [6.07, 6.45) is 3.45. The molecule has 26 heavy (non-hydrogen) atoms. The molecule has 1 aromatic carbocycles. The molecule has 6 heteroatoms. The summed E-state index contributed by atoms with van der Waals surface area (Å²) in [6.45, 7) is 8.69. The normalized spacial score (nSPS) is 23.7. The van der Waals surface area contributed by atoms with Crippen molar-refractivity contribution in [3.05, 3.63) is 46.8 Å². The summed E-state index contributed by atoms with van der Waals surface area (Å²) >= 11 is 0. The highest BCUT2D eigenvalue weighted by Crippen LogP contribution is 2.39. The van der Waals surface area contributed by atoms with Crippen LogP contribution in [0.25, 0.3) is 0 Å². The Balaban J connectivity index is 1.42. The number of likely N-dealkylation sites (tertiary alicyclic amines) is 2. The summed E-state index contributed by atoms with van der Waals surface area (Å²) in [7, 11) is 0. The monoisotopic (exact) mass is 354 g/mol. The van der Waals surface area contributed by atoms with Gasteiger partial charge in [-0.05, 0) is 50.4 Å². The Kier molecular flexibility index (Phi) is 4.53. The quantitative estimate of drug-likeness (QED) is 0.848. The number of amides is 1. The highest BCUT2D eigenvalue weighted by atomic mass is 16.6. The second-order valence-electron chi connectivity index (χ2n) is 7.98. The third-order valence-electron chi connectivity index (χ3n) is 5.81. The molecule has 2 aliphatic heterocycles. The maximum absolute atomic E-state index is 12.7. The van der Waals surface area contributed by atoms with E-state index < -0.39 is 0 Å². The predicted octanol–water partition coefficient (Wildman–Crippen LogP) is 2.81. The van der Waals surface area contributed by atoms with Gasteiger partial charge < -0.3 is 4.90 Å². The fourth-order valence-electron chi connectivity index (χ4n) is 4.53. The molecule has 6 nitrogen and oxygen atoms in total. The zero-order chi connectivity index (χ0) is 18.1. The molecule has 0 radical (unpaired) electrons. The fraction of sp³-hybridized carbons (Fsp3) is 0.550. The molecule has 1 atom stereocenters.